The Kier molecular flexibility index (Phi) is 14.6. The first-order valence-corrected chi connectivity index (χ1v) is 18.0. The third kappa shape index (κ3) is 10.3. The molecule has 0 aromatic rings. The molecule has 0 aliphatic heterocycles. The molecule has 9 heteroatoms. The van der Waals surface area contributed by atoms with E-state index in [1.165, 1.54) is 23.5 Å². The van der Waals surface area contributed by atoms with Gasteiger partial charge < -0.3 is 0 Å². The SMILES string of the molecule is CCC[CH2][Sn]([CH2]CCC)([O]C(=O)C(N)CSC)[O]C(=O)C(N)CSC. The Morgan fingerprint density at radius 2 is 1.24 bits per heavy atom. The summed E-state index contributed by atoms with van der Waals surface area (Å²) >= 11 is -0.938. The van der Waals surface area contributed by atoms with Gasteiger partial charge in [0.15, 0.2) is 0 Å². The Morgan fingerprint density at radius 3 is 1.52 bits per heavy atom. The molecule has 2 unspecified atom stereocenters. The standard InChI is InChI=1S/2C4H9NO2S.2C4H9.Sn/c2*1-8-2-3(5)4(6)7;2*1-3-4-2;/h2*3H,2,5H2,1H3,(H,6,7);2*1,3-4H2,2H3;/q;;;;+2/p-2. The number of carbonyl (C=O) groups excluding carboxylic acids is 2. The van der Waals surface area contributed by atoms with Crippen LogP contribution in [0.5, 0.6) is 0 Å². The monoisotopic (exact) mass is 502 g/mol. The summed E-state index contributed by atoms with van der Waals surface area (Å²) in [6.45, 7) is 4.14. The summed E-state index contributed by atoms with van der Waals surface area (Å²) in [6.07, 6.45) is 7.42. The molecule has 0 fully saturated rings. The average Bonchev–Trinajstić information content (AvgIpc) is 2.58. The van der Waals surface area contributed by atoms with Crippen LogP contribution in [0.3, 0.4) is 0 Å². The molecule has 4 N–H and O–H groups in total. The maximum absolute atomic E-state index is 12.4. The molecule has 0 aliphatic rings. The summed E-state index contributed by atoms with van der Waals surface area (Å²) in [4.78, 5) is 24.8. The van der Waals surface area contributed by atoms with E-state index in [4.69, 9.17) is 17.6 Å². The minimum absolute atomic E-state index is 0.441. The predicted octanol–water partition coefficient (Wildman–Crippen LogP) is 2.50. The first-order valence-electron chi connectivity index (χ1n) is 8.80. The van der Waals surface area contributed by atoms with E-state index in [9.17, 15) is 9.59 Å². The van der Waals surface area contributed by atoms with Crippen molar-refractivity contribution < 1.29 is 15.7 Å². The van der Waals surface area contributed by atoms with Crippen molar-refractivity contribution in [3.05, 3.63) is 0 Å². The van der Waals surface area contributed by atoms with E-state index < -0.39 is 43.2 Å². The van der Waals surface area contributed by atoms with Crippen molar-refractivity contribution in [2.75, 3.05) is 24.0 Å². The molecule has 0 saturated heterocycles. The maximum atomic E-state index is 12.4. The van der Waals surface area contributed by atoms with E-state index in [2.05, 4.69) is 13.8 Å². The van der Waals surface area contributed by atoms with Crippen LogP contribution in [0.2, 0.25) is 8.87 Å². The van der Waals surface area contributed by atoms with Crippen molar-refractivity contribution in [2.24, 2.45) is 11.5 Å². The number of carbonyl (C=O) groups is 2. The fourth-order valence-corrected chi connectivity index (χ4v) is 13.3. The van der Waals surface area contributed by atoms with Gasteiger partial charge in [0.1, 0.15) is 0 Å². The van der Waals surface area contributed by atoms with Crippen LogP contribution in [0, 0.1) is 0 Å². The number of rotatable bonds is 14. The predicted molar refractivity (Wildman–Crippen MR) is 110 cm³/mol. The van der Waals surface area contributed by atoms with Crippen molar-refractivity contribution in [1.29, 1.82) is 0 Å². The van der Waals surface area contributed by atoms with E-state index in [1.54, 1.807) is 0 Å². The fraction of sp³-hybridized carbons (Fsp3) is 0.875. The van der Waals surface area contributed by atoms with E-state index >= 15 is 0 Å². The number of hydrogen-bond donors (Lipinski definition) is 2. The molecule has 148 valence electrons. The second kappa shape index (κ2) is 14.4. The normalized spacial score (nSPS) is 14.0. The minimum atomic E-state index is -3.92. The fourth-order valence-electron chi connectivity index (χ4n) is 2.26. The third-order valence-corrected chi connectivity index (χ3v) is 14.7. The number of thioether (sulfide) groups is 2. The van der Waals surface area contributed by atoms with Crippen LogP contribution in [-0.2, 0) is 15.7 Å². The van der Waals surface area contributed by atoms with Gasteiger partial charge in [-0.2, -0.15) is 0 Å². The molecule has 0 saturated carbocycles. The van der Waals surface area contributed by atoms with Gasteiger partial charge in [0.25, 0.3) is 0 Å². The van der Waals surface area contributed by atoms with Gasteiger partial charge in [-0.25, -0.2) is 0 Å². The summed E-state index contributed by atoms with van der Waals surface area (Å²) < 4.78 is 13.1. The van der Waals surface area contributed by atoms with Crippen molar-refractivity contribution >= 4 is 54.7 Å². The van der Waals surface area contributed by atoms with Crippen LogP contribution in [-0.4, -0.2) is 67.2 Å². The van der Waals surface area contributed by atoms with Crippen LogP contribution in [0.15, 0.2) is 0 Å². The van der Waals surface area contributed by atoms with Gasteiger partial charge in [0, 0.05) is 0 Å². The number of hydrogen-bond acceptors (Lipinski definition) is 8. The first kappa shape index (κ1) is 25.4. The summed E-state index contributed by atoms with van der Waals surface area (Å²) in [6, 6.07) is -1.37. The van der Waals surface area contributed by atoms with Crippen LogP contribution in [0.1, 0.15) is 39.5 Å². The average molecular weight is 501 g/mol. The zero-order chi connectivity index (χ0) is 19.3. The Labute approximate surface area is 165 Å². The Bertz CT molecular complexity index is 366. The van der Waals surface area contributed by atoms with Gasteiger partial charge in [-0.3, -0.25) is 0 Å². The van der Waals surface area contributed by atoms with E-state index in [0.717, 1.165) is 25.7 Å². The summed E-state index contributed by atoms with van der Waals surface area (Å²) in [5, 5.41) is 0. The molecule has 0 radical (unpaired) electrons. The second-order valence-electron chi connectivity index (χ2n) is 6.08. The van der Waals surface area contributed by atoms with E-state index in [0.29, 0.717) is 20.4 Å². The van der Waals surface area contributed by atoms with Gasteiger partial charge in [-0.1, -0.05) is 0 Å². The zero-order valence-corrected chi connectivity index (χ0v) is 20.4. The van der Waals surface area contributed by atoms with Crippen molar-refractivity contribution in [1.82, 2.24) is 0 Å². The van der Waals surface area contributed by atoms with E-state index in [1.807, 2.05) is 12.5 Å². The molecular formula is C16H34N2O4S2Sn. The molecule has 0 aromatic heterocycles. The molecule has 0 rings (SSSR count). The molecule has 25 heavy (non-hydrogen) atoms. The summed E-state index contributed by atoms with van der Waals surface area (Å²) in [5.74, 6) is 0.0945. The Morgan fingerprint density at radius 1 is 0.880 bits per heavy atom. The van der Waals surface area contributed by atoms with E-state index in [-0.39, 0.29) is 0 Å². The summed E-state index contributed by atoms with van der Waals surface area (Å²) in [7, 11) is 0. The molecule has 6 nitrogen and oxygen atoms in total. The van der Waals surface area contributed by atoms with Gasteiger partial charge >= 0.3 is 166 Å². The van der Waals surface area contributed by atoms with Crippen molar-refractivity contribution in [3.8, 4) is 0 Å². The van der Waals surface area contributed by atoms with Crippen LogP contribution >= 0.6 is 23.5 Å². The second-order valence-corrected chi connectivity index (χ2v) is 17.1. The third-order valence-electron chi connectivity index (χ3n) is 3.69. The topological polar surface area (TPSA) is 105 Å². The summed E-state index contributed by atoms with van der Waals surface area (Å²) in [5.41, 5.74) is 11.8. The molecule has 0 bridgehead atoms. The number of unbranched alkanes of at least 4 members (excludes halogenated alkanes) is 2. The molecular weight excluding hydrogens is 467 g/mol. The van der Waals surface area contributed by atoms with Crippen molar-refractivity contribution in [2.45, 2.75) is 60.5 Å². The number of nitrogens with two attached hydrogens (primary N) is 2. The molecule has 0 heterocycles. The molecule has 0 spiro atoms. The van der Waals surface area contributed by atoms with Crippen molar-refractivity contribution in [3.63, 3.8) is 0 Å². The van der Waals surface area contributed by atoms with Gasteiger partial charge in [-0.05, 0) is 0 Å². The molecule has 0 aromatic carbocycles. The Balaban J connectivity index is 5.32. The van der Waals surface area contributed by atoms with Gasteiger partial charge in [-0.15, -0.1) is 0 Å². The molecule has 0 aliphatic carbocycles. The van der Waals surface area contributed by atoms with Gasteiger partial charge in [0.05, 0.1) is 0 Å². The van der Waals surface area contributed by atoms with Crippen LogP contribution < -0.4 is 11.5 Å². The first-order chi connectivity index (χ1) is 11.9. The Hall–Kier alpha value is 0.359. The zero-order valence-electron chi connectivity index (χ0n) is 15.9. The van der Waals surface area contributed by atoms with Gasteiger partial charge in [0.2, 0.25) is 0 Å². The molecule has 0 amide bonds. The molecule has 2 atom stereocenters. The van der Waals surface area contributed by atoms with Crippen LogP contribution in [0.4, 0.5) is 0 Å². The van der Waals surface area contributed by atoms with Crippen LogP contribution in [0.25, 0.3) is 0 Å². The quantitative estimate of drug-likeness (QED) is 0.350.